The van der Waals surface area contributed by atoms with E-state index in [0.717, 1.165) is 30.9 Å². The molecule has 0 atom stereocenters. The van der Waals surface area contributed by atoms with Crippen LogP contribution >= 0.6 is 0 Å². The largest absolute Gasteiger partial charge is 0.494 e. The molecule has 0 spiro atoms. The molecule has 2 rings (SSSR count). The van der Waals surface area contributed by atoms with Crippen molar-refractivity contribution >= 4 is 5.97 Å². The Balaban J connectivity index is 1.42. The lowest BCUT2D eigenvalue weighted by molar-refractivity contribution is 0.0734. The molecule has 0 aliphatic heterocycles. The number of carbonyl (C=O) groups is 1. The summed E-state index contributed by atoms with van der Waals surface area (Å²) >= 11 is 0. The zero-order valence-electron chi connectivity index (χ0n) is 27.7. The van der Waals surface area contributed by atoms with E-state index < -0.39 is 0 Å². The van der Waals surface area contributed by atoms with Gasteiger partial charge in [-0.25, -0.2) is 4.79 Å². The highest BCUT2D eigenvalue weighted by Crippen LogP contribution is 2.21. The van der Waals surface area contributed by atoms with Crippen molar-refractivity contribution in [1.29, 1.82) is 0 Å². The molecule has 0 unspecified atom stereocenters. The molecule has 0 N–H and O–H groups in total. The van der Waals surface area contributed by atoms with Gasteiger partial charge >= 0.3 is 5.97 Å². The predicted molar refractivity (Wildman–Crippen MR) is 182 cm³/mol. The molecule has 0 bridgehead atoms. The molecule has 4 nitrogen and oxygen atoms in total. The first-order chi connectivity index (χ1) is 21.2. The molecule has 0 heterocycles. The number of carbonyl (C=O) groups excluding carboxylic acids is 1. The first-order valence-corrected chi connectivity index (χ1v) is 17.9. The summed E-state index contributed by atoms with van der Waals surface area (Å²) in [5, 5.41) is 0. The van der Waals surface area contributed by atoms with E-state index >= 15 is 0 Å². The molecule has 2 aromatic rings. The van der Waals surface area contributed by atoms with Crippen LogP contribution in [0.5, 0.6) is 17.2 Å². The van der Waals surface area contributed by atoms with Crippen molar-refractivity contribution in [3.05, 3.63) is 54.1 Å². The second-order valence-corrected chi connectivity index (χ2v) is 12.2. The van der Waals surface area contributed by atoms with Gasteiger partial charge in [0, 0.05) is 0 Å². The average Bonchev–Trinajstić information content (AvgIpc) is 3.03. The van der Waals surface area contributed by atoms with Crippen LogP contribution in [0.15, 0.2) is 48.5 Å². The van der Waals surface area contributed by atoms with Crippen molar-refractivity contribution in [3.63, 3.8) is 0 Å². The summed E-state index contributed by atoms with van der Waals surface area (Å²) in [6, 6.07) is 14.5. The number of hydrogen-bond donors (Lipinski definition) is 0. The van der Waals surface area contributed by atoms with Gasteiger partial charge in [0.25, 0.3) is 0 Å². The third kappa shape index (κ3) is 19.4. The Labute approximate surface area is 264 Å². The van der Waals surface area contributed by atoms with Gasteiger partial charge < -0.3 is 14.2 Å². The Morgan fingerprint density at radius 1 is 0.419 bits per heavy atom. The van der Waals surface area contributed by atoms with Crippen molar-refractivity contribution in [2.75, 3.05) is 13.2 Å². The molecule has 0 aromatic heterocycles. The topological polar surface area (TPSA) is 44.8 Å². The smallest absolute Gasteiger partial charge is 0.343 e. The van der Waals surface area contributed by atoms with Crippen molar-refractivity contribution in [1.82, 2.24) is 0 Å². The molecule has 0 fully saturated rings. The SMILES string of the molecule is CCCCCCCCCCCCCCCCCCCCOc1ccc(C(=O)Oc2ccc(OCCCCCC)cc2)cc1. The van der Waals surface area contributed by atoms with Crippen LogP contribution in [0.1, 0.15) is 165 Å². The van der Waals surface area contributed by atoms with Crippen LogP contribution in [0.2, 0.25) is 0 Å². The Hall–Kier alpha value is -2.49. The van der Waals surface area contributed by atoms with Crippen LogP contribution in [-0.2, 0) is 0 Å². The van der Waals surface area contributed by atoms with E-state index in [1.165, 1.54) is 128 Å². The minimum atomic E-state index is -0.372. The molecule has 0 saturated heterocycles. The Morgan fingerprint density at radius 2 is 0.721 bits per heavy atom. The van der Waals surface area contributed by atoms with Crippen LogP contribution < -0.4 is 14.2 Å². The molecular weight excluding hydrogens is 532 g/mol. The molecule has 2 aromatic carbocycles. The fourth-order valence-corrected chi connectivity index (χ4v) is 5.37. The van der Waals surface area contributed by atoms with E-state index in [-0.39, 0.29) is 5.97 Å². The molecule has 242 valence electrons. The Kier molecular flexibility index (Phi) is 22.2. The summed E-state index contributed by atoms with van der Waals surface area (Å²) in [5.74, 6) is 1.73. The number of benzene rings is 2. The van der Waals surface area contributed by atoms with Crippen molar-refractivity contribution in [2.45, 2.75) is 155 Å². The summed E-state index contributed by atoms with van der Waals surface area (Å²) in [7, 11) is 0. The lowest BCUT2D eigenvalue weighted by atomic mass is 10.0. The van der Waals surface area contributed by atoms with Gasteiger partial charge in [0.2, 0.25) is 0 Å². The second kappa shape index (κ2) is 26.0. The van der Waals surface area contributed by atoms with E-state index in [1.54, 1.807) is 24.3 Å². The summed E-state index contributed by atoms with van der Waals surface area (Å²) in [6.45, 7) is 5.92. The van der Waals surface area contributed by atoms with Crippen LogP contribution in [-0.4, -0.2) is 19.2 Å². The van der Waals surface area contributed by atoms with Crippen LogP contribution in [0.4, 0.5) is 0 Å². The first kappa shape index (κ1) is 36.7. The Bertz CT molecular complexity index is 906. The van der Waals surface area contributed by atoms with Crippen molar-refractivity contribution in [2.24, 2.45) is 0 Å². The lowest BCUT2D eigenvalue weighted by Gasteiger charge is -2.09. The number of rotatable bonds is 28. The number of hydrogen-bond acceptors (Lipinski definition) is 4. The summed E-state index contributed by atoms with van der Waals surface area (Å²) in [5.41, 5.74) is 0.511. The zero-order chi connectivity index (χ0) is 30.6. The maximum atomic E-state index is 12.5. The van der Waals surface area contributed by atoms with Gasteiger partial charge in [-0.15, -0.1) is 0 Å². The molecule has 0 aliphatic rings. The van der Waals surface area contributed by atoms with E-state index in [0.29, 0.717) is 17.9 Å². The molecule has 0 aliphatic carbocycles. The zero-order valence-corrected chi connectivity index (χ0v) is 27.7. The van der Waals surface area contributed by atoms with Crippen molar-refractivity contribution < 1.29 is 19.0 Å². The normalized spacial score (nSPS) is 11.0. The van der Waals surface area contributed by atoms with E-state index in [2.05, 4.69) is 13.8 Å². The molecule has 4 heteroatoms. The fourth-order valence-electron chi connectivity index (χ4n) is 5.37. The quantitative estimate of drug-likeness (QED) is 0.0558. The summed E-state index contributed by atoms with van der Waals surface area (Å²) in [4.78, 5) is 12.5. The third-order valence-corrected chi connectivity index (χ3v) is 8.16. The fraction of sp³-hybridized carbons (Fsp3) is 0.667. The minimum Gasteiger partial charge on any atom is -0.494 e. The van der Waals surface area contributed by atoms with Gasteiger partial charge in [-0.05, 0) is 61.4 Å². The van der Waals surface area contributed by atoms with E-state index in [9.17, 15) is 4.79 Å². The lowest BCUT2D eigenvalue weighted by Crippen LogP contribution is -2.08. The van der Waals surface area contributed by atoms with E-state index in [1.807, 2.05) is 24.3 Å². The molecule has 0 radical (unpaired) electrons. The Morgan fingerprint density at radius 3 is 1.12 bits per heavy atom. The molecule has 43 heavy (non-hydrogen) atoms. The highest BCUT2D eigenvalue weighted by molar-refractivity contribution is 5.91. The average molecular weight is 595 g/mol. The summed E-state index contributed by atoms with van der Waals surface area (Å²) < 4.78 is 17.2. The van der Waals surface area contributed by atoms with E-state index in [4.69, 9.17) is 14.2 Å². The molecule has 0 amide bonds. The minimum absolute atomic E-state index is 0.372. The monoisotopic (exact) mass is 594 g/mol. The predicted octanol–water partition coefficient (Wildman–Crippen LogP) is 12.3. The standard InChI is InChI=1S/C39H62O4/c1-3-5-7-9-10-11-12-13-14-15-16-17-18-19-20-21-22-24-34-41-36-27-25-35(26-28-36)39(40)43-38-31-29-37(30-32-38)42-33-23-8-6-4-2/h25-32H,3-24,33-34H2,1-2H3. The van der Waals surface area contributed by atoms with Crippen LogP contribution in [0, 0.1) is 0 Å². The van der Waals surface area contributed by atoms with Gasteiger partial charge in [-0.3, -0.25) is 0 Å². The van der Waals surface area contributed by atoms with Gasteiger partial charge in [-0.2, -0.15) is 0 Å². The second-order valence-electron chi connectivity index (χ2n) is 12.2. The van der Waals surface area contributed by atoms with Gasteiger partial charge in [0.05, 0.1) is 18.8 Å². The van der Waals surface area contributed by atoms with Crippen molar-refractivity contribution in [3.8, 4) is 17.2 Å². The maximum absolute atomic E-state index is 12.5. The number of esters is 1. The molecule has 0 saturated carbocycles. The van der Waals surface area contributed by atoms with Crippen LogP contribution in [0.3, 0.4) is 0 Å². The number of unbranched alkanes of at least 4 members (excludes halogenated alkanes) is 20. The van der Waals surface area contributed by atoms with Gasteiger partial charge in [0.15, 0.2) is 0 Å². The highest BCUT2D eigenvalue weighted by Gasteiger charge is 2.09. The van der Waals surface area contributed by atoms with Crippen LogP contribution in [0.25, 0.3) is 0 Å². The van der Waals surface area contributed by atoms with Gasteiger partial charge in [0.1, 0.15) is 17.2 Å². The third-order valence-electron chi connectivity index (χ3n) is 8.16. The maximum Gasteiger partial charge on any atom is 0.343 e. The van der Waals surface area contributed by atoms with Gasteiger partial charge in [-0.1, -0.05) is 142 Å². The first-order valence-electron chi connectivity index (χ1n) is 17.9. The molecular formula is C39H62O4. The number of ether oxygens (including phenoxy) is 3. The summed E-state index contributed by atoms with van der Waals surface area (Å²) in [6.07, 6.45) is 29.5. The highest BCUT2D eigenvalue weighted by atomic mass is 16.5.